The van der Waals surface area contributed by atoms with Crippen LogP contribution in [-0.4, -0.2) is 34.2 Å². The van der Waals surface area contributed by atoms with E-state index in [1.54, 1.807) is 0 Å². The van der Waals surface area contributed by atoms with Crippen molar-refractivity contribution >= 4 is 11.8 Å². The molecule has 1 aromatic rings. The molecular formula is C16H27N3OS. The van der Waals surface area contributed by atoms with Gasteiger partial charge in [0.2, 0.25) is 5.89 Å². The quantitative estimate of drug-likeness (QED) is 0.901. The molecule has 1 N–H and O–H groups in total. The molecule has 5 heteroatoms. The zero-order valence-corrected chi connectivity index (χ0v) is 14.0. The summed E-state index contributed by atoms with van der Waals surface area (Å²) in [6.45, 7) is 5.46. The third-order valence-electron chi connectivity index (χ3n) is 5.11. The number of hydrogen-bond acceptors (Lipinski definition) is 5. The second kappa shape index (κ2) is 7.14. The third-order valence-corrected chi connectivity index (χ3v) is 6.30. The van der Waals surface area contributed by atoms with Crippen LogP contribution in [0.3, 0.4) is 0 Å². The van der Waals surface area contributed by atoms with Crippen LogP contribution in [0.15, 0.2) is 4.52 Å². The molecule has 0 aromatic carbocycles. The Morgan fingerprint density at radius 1 is 1.19 bits per heavy atom. The third kappa shape index (κ3) is 3.45. The molecule has 2 aliphatic rings. The van der Waals surface area contributed by atoms with Gasteiger partial charge in [-0.1, -0.05) is 25.4 Å². The van der Waals surface area contributed by atoms with E-state index in [1.165, 1.54) is 32.1 Å². The van der Waals surface area contributed by atoms with E-state index in [0.717, 1.165) is 35.7 Å². The van der Waals surface area contributed by atoms with Gasteiger partial charge in [0.05, 0.1) is 5.92 Å². The van der Waals surface area contributed by atoms with Crippen molar-refractivity contribution in [1.82, 2.24) is 15.5 Å². The number of aromatic nitrogens is 2. The van der Waals surface area contributed by atoms with Gasteiger partial charge in [-0.3, -0.25) is 0 Å². The Balaban J connectivity index is 1.63. The highest BCUT2D eigenvalue weighted by molar-refractivity contribution is 7.99. The number of nitrogens with one attached hydrogen (secondary N) is 1. The Kier molecular flexibility index (Phi) is 5.22. The summed E-state index contributed by atoms with van der Waals surface area (Å²) >= 11 is 1.98. The van der Waals surface area contributed by atoms with Crippen LogP contribution in [0.4, 0.5) is 0 Å². The fraction of sp³-hybridized carbons (Fsp3) is 0.875. The van der Waals surface area contributed by atoms with Gasteiger partial charge in [-0.25, -0.2) is 0 Å². The first-order valence-corrected chi connectivity index (χ1v) is 9.61. The lowest BCUT2D eigenvalue weighted by molar-refractivity contribution is 0.300. The molecule has 118 valence electrons. The average Bonchev–Trinajstić information content (AvgIpc) is 3.16. The minimum absolute atomic E-state index is 0.392. The predicted molar refractivity (Wildman–Crippen MR) is 86.8 cm³/mol. The van der Waals surface area contributed by atoms with Gasteiger partial charge < -0.3 is 9.84 Å². The van der Waals surface area contributed by atoms with Crippen molar-refractivity contribution in [3.8, 4) is 0 Å². The second-order valence-corrected chi connectivity index (χ2v) is 7.50. The Morgan fingerprint density at radius 2 is 2.00 bits per heavy atom. The molecule has 0 spiro atoms. The van der Waals surface area contributed by atoms with Crippen LogP contribution in [0.1, 0.15) is 69.5 Å². The Morgan fingerprint density at radius 3 is 2.71 bits per heavy atom. The lowest BCUT2D eigenvalue weighted by atomic mass is 9.80. The summed E-state index contributed by atoms with van der Waals surface area (Å²) < 4.78 is 5.62. The van der Waals surface area contributed by atoms with Gasteiger partial charge >= 0.3 is 0 Å². The van der Waals surface area contributed by atoms with Crippen LogP contribution < -0.4 is 5.32 Å². The molecule has 2 atom stereocenters. The number of likely N-dealkylation sites (N-methyl/N-ethyl adjacent to an activating group) is 1. The first-order chi connectivity index (χ1) is 10.3. The fourth-order valence-electron chi connectivity index (χ4n) is 3.65. The molecule has 2 fully saturated rings. The number of thioether (sulfide) groups is 1. The molecule has 1 aromatic heterocycles. The molecular weight excluding hydrogens is 282 g/mol. The Bertz CT molecular complexity index is 442. The van der Waals surface area contributed by atoms with E-state index < -0.39 is 0 Å². The van der Waals surface area contributed by atoms with Crippen LogP contribution in [0.25, 0.3) is 0 Å². The van der Waals surface area contributed by atoms with E-state index in [1.807, 2.05) is 11.8 Å². The van der Waals surface area contributed by atoms with Crippen LogP contribution in [0.2, 0.25) is 0 Å². The van der Waals surface area contributed by atoms with E-state index in [4.69, 9.17) is 9.51 Å². The molecule has 0 radical (unpaired) electrons. The molecule has 1 aliphatic carbocycles. The highest BCUT2D eigenvalue weighted by Gasteiger charge is 2.34. The number of nitrogens with zero attached hydrogens (tertiary/aromatic N) is 2. The summed E-state index contributed by atoms with van der Waals surface area (Å²) in [5.41, 5.74) is 0. The van der Waals surface area contributed by atoms with E-state index in [0.29, 0.717) is 17.9 Å². The van der Waals surface area contributed by atoms with Crippen molar-refractivity contribution in [3.63, 3.8) is 0 Å². The number of rotatable bonds is 5. The molecule has 21 heavy (non-hydrogen) atoms. The molecule has 1 aliphatic heterocycles. The van der Waals surface area contributed by atoms with Crippen LogP contribution in [-0.2, 0) is 0 Å². The first kappa shape index (κ1) is 15.3. The van der Waals surface area contributed by atoms with Crippen molar-refractivity contribution in [1.29, 1.82) is 0 Å². The van der Waals surface area contributed by atoms with E-state index in [-0.39, 0.29) is 0 Å². The molecule has 4 nitrogen and oxygen atoms in total. The SMILES string of the molecule is CCNC1CSCC1c1nc(C2CCC(CC)CC2)no1. The maximum absolute atomic E-state index is 5.62. The normalized spacial score (nSPS) is 33.4. The zero-order chi connectivity index (χ0) is 14.7. The highest BCUT2D eigenvalue weighted by Crippen LogP contribution is 2.37. The molecule has 1 saturated carbocycles. The largest absolute Gasteiger partial charge is 0.339 e. The molecule has 2 heterocycles. The summed E-state index contributed by atoms with van der Waals surface area (Å²) in [4.78, 5) is 4.77. The van der Waals surface area contributed by atoms with Crippen molar-refractivity contribution in [2.75, 3.05) is 18.1 Å². The minimum atomic E-state index is 0.392. The van der Waals surface area contributed by atoms with E-state index in [2.05, 4.69) is 24.3 Å². The fourth-order valence-corrected chi connectivity index (χ4v) is 5.02. The standard InChI is InChI=1S/C16H27N3OS/c1-3-11-5-7-12(8-6-11)15-18-16(20-19-15)13-9-21-10-14(13)17-4-2/h11-14,17H,3-10H2,1-2H3. The lowest BCUT2D eigenvalue weighted by Crippen LogP contribution is -2.34. The van der Waals surface area contributed by atoms with Crippen molar-refractivity contribution in [2.24, 2.45) is 5.92 Å². The zero-order valence-electron chi connectivity index (χ0n) is 13.2. The van der Waals surface area contributed by atoms with Crippen LogP contribution in [0, 0.1) is 5.92 Å². The van der Waals surface area contributed by atoms with Gasteiger partial charge in [0, 0.05) is 23.5 Å². The average molecular weight is 309 g/mol. The summed E-state index contributed by atoms with van der Waals surface area (Å²) in [6.07, 6.45) is 6.42. The Hall–Kier alpha value is -0.550. The molecule has 1 saturated heterocycles. The van der Waals surface area contributed by atoms with Gasteiger partial charge in [-0.2, -0.15) is 16.7 Å². The predicted octanol–water partition coefficient (Wildman–Crippen LogP) is 3.56. The van der Waals surface area contributed by atoms with Crippen molar-refractivity contribution in [2.45, 2.75) is 63.8 Å². The number of hydrogen-bond donors (Lipinski definition) is 1. The van der Waals surface area contributed by atoms with Gasteiger partial charge in [-0.15, -0.1) is 0 Å². The summed E-state index contributed by atoms with van der Waals surface area (Å²) in [6, 6.07) is 0.490. The maximum Gasteiger partial charge on any atom is 0.232 e. The second-order valence-electron chi connectivity index (χ2n) is 6.42. The first-order valence-electron chi connectivity index (χ1n) is 8.46. The van der Waals surface area contributed by atoms with E-state index in [9.17, 15) is 0 Å². The lowest BCUT2D eigenvalue weighted by Gasteiger charge is -2.25. The maximum atomic E-state index is 5.62. The summed E-state index contributed by atoms with van der Waals surface area (Å²) in [5, 5.41) is 7.85. The van der Waals surface area contributed by atoms with E-state index >= 15 is 0 Å². The van der Waals surface area contributed by atoms with Crippen LogP contribution in [0.5, 0.6) is 0 Å². The molecule has 2 unspecified atom stereocenters. The topological polar surface area (TPSA) is 51.0 Å². The van der Waals surface area contributed by atoms with Gasteiger partial charge in [0.15, 0.2) is 5.82 Å². The monoisotopic (exact) mass is 309 g/mol. The van der Waals surface area contributed by atoms with Crippen molar-refractivity contribution in [3.05, 3.63) is 11.7 Å². The molecule has 3 rings (SSSR count). The minimum Gasteiger partial charge on any atom is -0.339 e. The van der Waals surface area contributed by atoms with Gasteiger partial charge in [0.1, 0.15) is 0 Å². The summed E-state index contributed by atoms with van der Waals surface area (Å²) in [5.74, 6) is 5.90. The van der Waals surface area contributed by atoms with Crippen molar-refractivity contribution < 1.29 is 4.52 Å². The highest BCUT2D eigenvalue weighted by atomic mass is 32.2. The smallest absolute Gasteiger partial charge is 0.232 e. The van der Waals surface area contributed by atoms with Gasteiger partial charge in [-0.05, 0) is 38.1 Å². The van der Waals surface area contributed by atoms with Gasteiger partial charge in [0.25, 0.3) is 0 Å². The molecule has 0 bridgehead atoms. The summed E-state index contributed by atoms with van der Waals surface area (Å²) in [7, 11) is 0. The Labute approximate surface area is 131 Å². The van der Waals surface area contributed by atoms with Crippen LogP contribution >= 0.6 is 11.8 Å². The molecule has 0 amide bonds.